The molecular weight excluding hydrogens is 508 g/mol. The van der Waals surface area contributed by atoms with E-state index in [1.165, 1.54) is 6.92 Å². The maximum atomic E-state index is 15.5. The van der Waals surface area contributed by atoms with E-state index in [1.54, 1.807) is 0 Å². The summed E-state index contributed by atoms with van der Waals surface area (Å²) in [6.07, 6.45) is -0.261. The highest BCUT2D eigenvalue weighted by molar-refractivity contribution is 6.00. The van der Waals surface area contributed by atoms with Crippen LogP contribution < -0.4 is 4.74 Å². The van der Waals surface area contributed by atoms with Crippen LogP contribution in [-0.4, -0.2) is 38.3 Å². The van der Waals surface area contributed by atoms with E-state index in [1.807, 2.05) is 0 Å². The summed E-state index contributed by atoms with van der Waals surface area (Å²) in [5.41, 5.74) is -8.35. The SMILES string of the molecule is CCc1c(C(=O)O)c(O)cc2c1C1(OC(=O)c3c(F)c(F)c(F)c(F)c31)c1cc(C(=O)O)c(O)cc1O2. The van der Waals surface area contributed by atoms with Gasteiger partial charge in [0.05, 0.1) is 11.1 Å². The predicted molar refractivity (Wildman–Crippen MR) is 111 cm³/mol. The standard InChI is InChI=1S/C24H12F4O9/c1-2-6-13(22(33)34)10(30)5-12-15(6)24(8-3-7(21(31)32)9(29)4-11(8)36-12)16-14(23(35)37-24)17(25)19(27)20(28)18(16)26/h3-5,29-30H,2H2,1H3,(H,31,32)(H,33,34). The molecule has 0 bridgehead atoms. The molecular formula is C24H12F4O9. The van der Waals surface area contributed by atoms with E-state index in [2.05, 4.69) is 0 Å². The first-order valence-corrected chi connectivity index (χ1v) is 10.4. The molecule has 37 heavy (non-hydrogen) atoms. The van der Waals surface area contributed by atoms with Crippen molar-refractivity contribution in [1.29, 1.82) is 0 Å². The van der Waals surface area contributed by atoms with Crippen LogP contribution in [0, 0.1) is 23.3 Å². The highest BCUT2D eigenvalue weighted by atomic mass is 19.2. The maximum absolute atomic E-state index is 15.5. The summed E-state index contributed by atoms with van der Waals surface area (Å²) in [6.45, 7) is 1.39. The highest BCUT2D eigenvalue weighted by Crippen LogP contribution is 2.60. The number of aromatic hydroxyl groups is 2. The van der Waals surface area contributed by atoms with Crippen LogP contribution in [0.3, 0.4) is 0 Å². The fourth-order valence-corrected chi connectivity index (χ4v) is 4.87. The Balaban J connectivity index is 2.07. The molecule has 5 rings (SSSR count). The number of carbonyl (C=O) groups excluding carboxylic acids is 1. The van der Waals surface area contributed by atoms with Crippen molar-refractivity contribution in [3.63, 3.8) is 0 Å². The number of hydrogen-bond donors (Lipinski definition) is 4. The van der Waals surface area contributed by atoms with Gasteiger partial charge in [-0.3, -0.25) is 0 Å². The molecule has 0 radical (unpaired) electrons. The Labute approximate surface area is 202 Å². The minimum atomic E-state index is -2.81. The molecule has 2 heterocycles. The van der Waals surface area contributed by atoms with Crippen LogP contribution in [0.2, 0.25) is 0 Å². The number of fused-ring (bicyclic) bond motifs is 6. The van der Waals surface area contributed by atoms with E-state index < -0.39 is 103 Å². The smallest absolute Gasteiger partial charge is 0.343 e. The average molecular weight is 520 g/mol. The third-order valence-electron chi connectivity index (χ3n) is 6.29. The first-order chi connectivity index (χ1) is 17.4. The zero-order valence-electron chi connectivity index (χ0n) is 18.3. The number of rotatable bonds is 3. The molecule has 0 saturated carbocycles. The molecule has 0 aliphatic carbocycles. The second-order valence-corrected chi connectivity index (χ2v) is 8.13. The van der Waals surface area contributed by atoms with Gasteiger partial charge in [-0.25, -0.2) is 31.9 Å². The summed E-state index contributed by atoms with van der Waals surface area (Å²) < 4.78 is 70.0. The molecule has 13 heteroatoms. The van der Waals surface area contributed by atoms with Crippen molar-refractivity contribution in [3.05, 3.63) is 80.4 Å². The van der Waals surface area contributed by atoms with Crippen molar-refractivity contribution in [2.45, 2.75) is 18.9 Å². The van der Waals surface area contributed by atoms with E-state index in [9.17, 15) is 48.0 Å². The third-order valence-corrected chi connectivity index (χ3v) is 6.29. The first-order valence-electron chi connectivity index (χ1n) is 10.4. The second kappa shape index (κ2) is 7.59. The normalized spacial score (nSPS) is 17.1. The molecule has 3 aromatic carbocycles. The van der Waals surface area contributed by atoms with Crippen LogP contribution in [0.25, 0.3) is 0 Å². The van der Waals surface area contributed by atoms with Crippen molar-refractivity contribution in [1.82, 2.24) is 0 Å². The largest absolute Gasteiger partial charge is 0.507 e. The Morgan fingerprint density at radius 1 is 0.865 bits per heavy atom. The van der Waals surface area contributed by atoms with Crippen LogP contribution >= 0.6 is 0 Å². The maximum Gasteiger partial charge on any atom is 0.343 e. The molecule has 0 aromatic heterocycles. The topological polar surface area (TPSA) is 151 Å². The van der Waals surface area contributed by atoms with Crippen LogP contribution in [0.4, 0.5) is 17.6 Å². The summed E-state index contributed by atoms with van der Waals surface area (Å²) in [4.78, 5) is 36.6. The van der Waals surface area contributed by atoms with Crippen molar-refractivity contribution >= 4 is 17.9 Å². The highest BCUT2D eigenvalue weighted by Gasteiger charge is 2.59. The Hall–Kier alpha value is -4.81. The molecule has 190 valence electrons. The Kier molecular flexibility index (Phi) is 4.91. The minimum absolute atomic E-state index is 0.261. The lowest BCUT2D eigenvalue weighted by atomic mass is 9.73. The zero-order chi connectivity index (χ0) is 27.1. The second-order valence-electron chi connectivity index (χ2n) is 8.13. The molecule has 1 atom stereocenters. The number of halogens is 4. The molecule has 0 saturated heterocycles. The van der Waals surface area contributed by atoms with E-state index >= 15 is 4.39 Å². The molecule has 2 aliphatic rings. The Bertz CT molecular complexity index is 1620. The summed E-state index contributed by atoms with van der Waals surface area (Å²) in [5, 5.41) is 39.8. The first kappa shape index (κ1) is 23.9. The Morgan fingerprint density at radius 3 is 2.08 bits per heavy atom. The number of carboxylic acid groups (broad SMARTS) is 2. The lowest BCUT2D eigenvalue weighted by molar-refractivity contribution is 0.0212. The van der Waals surface area contributed by atoms with Crippen molar-refractivity contribution in [3.8, 4) is 23.0 Å². The predicted octanol–water partition coefficient (Wildman–Crippen LogP) is 4.18. The van der Waals surface area contributed by atoms with Crippen LogP contribution in [-0.2, 0) is 16.8 Å². The van der Waals surface area contributed by atoms with Gasteiger partial charge >= 0.3 is 17.9 Å². The molecule has 4 N–H and O–H groups in total. The fourth-order valence-electron chi connectivity index (χ4n) is 4.87. The van der Waals surface area contributed by atoms with Gasteiger partial charge in [0.1, 0.15) is 39.7 Å². The number of hydrogen-bond acceptors (Lipinski definition) is 7. The summed E-state index contributed by atoms with van der Waals surface area (Å²) in [5.74, 6) is -16.6. The monoisotopic (exact) mass is 520 g/mol. The third kappa shape index (κ3) is 2.87. The van der Waals surface area contributed by atoms with Gasteiger partial charge in [-0.2, -0.15) is 0 Å². The van der Waals surface area contributed by atoms with Gasteiger partial charge < -0.3 is 29.9 Å². The zero-order valence-corrected chi connectivity index (χ0v) is 18.3. The van der Waals surface area contributed by atoms with Gasteiger partial charge in [-0.1, -0.05) is 6.92 Å². The van der Waals surface area contributed by atoms with Gasteiger partial charge in [0, 0.05) is 17.7 Å². The van der Waals surface area contributed by atoms with Gasteiger partial charge in [-0.05, 0) is 18.1 Å². The lowest BCUT2D eigenvalue weighted by Gasteiger charge is -2.38. The van der Waals surface area contributed by atoms with E-state index in [-0.39, 0.29) is 12.0 Å². The number of ether oxygens (including phenoxy) is 2. The number of aromatic carboxylic acids is 2. The average Bonchev–Trinajstić information content (AvgIpc) is 3.12. The summed E-state index contributed by atoms with van der Waals surface area (Å²) in [7, 11) is 0. The quantitative estimate of drug-likeness (QED) is 0.173. The van der Waals surface area contributed by atoms with Gasteiger partial charge in [0.2, 0.25) is 0 Å². The number of benzene rings is 3. The molecule has 1 spiro atoms. The van der Waals surface area contributed by atoms with Gasteiger partial charge in [-0.15, -0.1) is 0 Å². The molecule has 0 amide bonds. The van der Waals surface area contributed by atoms with E-state index in [4.69, 9.17) is 9.47 Å². The van der Waals surface area contributed by atoms with Crippen LogP contribution in [0.5, 0.6) is 23.0 Å². The van der Waals surface area contributed by atoms with Gasteiger partial charge in [0.25, 0.3) is 0 Å². The molecule has 3 aromatic rings. The lowest BCUT2D eigenvalue weighted by Crippen LogP contribution is -2.36. The van der Waals surface area contributed by atoms with Crippen molar-refractivity contribution in [2.24, 2.45) is 0 Å². The summed E-state index contributed by atoms with van der Waals surface area (Å²) in [6, 6.07) is 2.17. The van der Waals surface area contributed by atoms with Crippen LogP contribution in [0.15, 0.2) is 18.2 Å². The molecule has 9 nitrogen and oxygen atoms in total. The van der Waals surface area contributed by atoms with E-state index in [0.717, 1.165) is 12.1 Å². The van der Waals surface area contributed by atoms with Crippen LogP contribution in [0.1, 0.15) is 60.3 Å². The van der Waals surface area contributed by atoms with Crippen molar-refractivity contribution in [2.75, 3.05) is 0 Å². The number of phenols is 2. The Morgan fingerprint density at radius 2 is 1.49 bits per heavy atom. The van der Waals surface area contributed by atoms with Crippen molar-refractivity contribution < 1.29 is 61.8 Å². The number of esters is 1. The number of carbonyl (C=O) groups is 3. The number of carboxylic acids is 2. The van der Waals surface area contributed by atoms with E-state index in [0.29, 0.717) is 6.07 Å². The minimum Gasteiger partial charge on any atom is -0.507 e. The molecule has 1 unspecified atom stereocenters. The molecule has 0 fully saturated rings. The molecule has 2 aliphatic heterocycles. The summed E-state index contributed by atoms with van der Waals surface area (Å²) >= 11 is 0. The van der Waals surface area contributed by atoms with Gasteiger partial charge in [0.15, 0.2) is 28.9 Å². The fraction of sp³-hybridized carbons (Fsp3) is 0.125.